The third kappa shape index (κ3) is 3.71. The molecular weight excluding hydrogens is 422 g/mol. The molecule has 0 radical (unpaired) electrons. The van der Waals surface area contributed by atoms with Crippen LogP contribution in [0.1, 0.15) is 9.67 Å². The molecule has 1 aliphatic rings. The highest BCUT2D eigenvalue weighted by Crippen LogP contribution is 2.33. The summed E-state index contributed by atoms with van der Waals surface area (Å²) in [5.41, 5.74) is 0.532. The molecule has 0 aliphatic carbocycles. The largest absolute Gasteiger partial charge is 0.486 e. The Morgan fingerprint density at radius 3 is 2.43 bits per heavy atom. The molecule has 0 spiro atoms. The van der Waals surface area contributed by atoms with Crippen LogP contribution in [0.15, 0.2) is 63.7 Å². The zero-order valence-corrected chi connectivity index (χ0v) is 16.7. The van der Waals surface area contributed by atoms with Crippen LogP contribution in [0.4, 0.5) is 5.69 Å². The number of nitrogens with one attached hydrogen (secondary N) is 1. The number of thiophene rings is 1. The number of hydrogen-bond donors (Lipinski definition) is 1. The van der Waals surface area contributed by atoms with Gasteiger partial charge < -0.3 is 14.8 Å². The Morgan fingerprint density at radius 2 is 1.68 bits per heavy atom. The van der Waals surface area contributed by atoms with Gasteiger partial charge in [0.2, 0.25) is 9.84 Å². The number of amides is 1. The summed E-state index contributed by atoms with van der Waals surface area (Å²) in [6.45, 7) is 0.931. The molecule has 144 valence electrons. The van der Waals surface area contributed by atoms with E-state index in [1.165, 1.54) is 36.4 Å². The lowest BCUT2D eigenvalue weighted by molar-refractivity contribution is 0.103. The Bertz CT molecular complexity index is 1140. The van der Waals surface area contributed by atoms with Crippen molar-refractivity contribution in [3.8, 4) is 11.5 Å². The van der Waals surface area contributed by atoms with Gasteiger partial charge >= 0.3 is 0 Å². The third-order valence-corrected chi connectivity index (χ3v) is 7.59. The van der Waals surface area contributed by atoms with Crippen LogP contribution in [0.2, 0.25) is 5.02 Å². The van der Waals surface area contributed by atoms with Gasteiger partial charge in [0.1, 0.15) is 17.4 Å². The summed E-state index contributed by atoms with van der Waals surface area (Å²) in [4.78, 5) is 12.9. The van der Waals surface area contributed by atoms with Gasteiger partial charge in [-0.05, 0) is 48.5 Å². The smallest absolute Gasteiger partial charge is 0.265 e. The number of fused-ring (bicyclic) bond motifs is 1. The van der Waals surface area contributed by atoms with Gasteiger partial charge in [0.05, 0.1) is 9.77 Å². The van der Waals surface area contributed by atoms with E-state index in [2.05, 4.69) is 5.32 Å². The van der Waals surface area contributed by atoms with Crippen molar-refractivity contribution in [1.29, 1.82) is 0 Å². The average molecular weight is 436 g/mol. The predicted molar refractivity (Wildman–Crippen MR) is 107 cm³/mol. The van der Waals surface area contributed by atoms with E-state index >= 15 is 0 Å². The highest BCUT2D eigenvalue weighted by atomic mass is 35.5. The molecule has 4 rings (SSSR count). The van der Waals surface area contributed by atoms with Crippen molar-refractivity contribution in [3.05, 3.63) is 64.5 Å². The molecule has 6 nitrogen and oxygen atoms in total. The van der Waals surface area contributed by atoms with Crippen molar-refractivity contribution in [1.82, 2.24) is 0 Å². The first-order chi connectivity index (χ1) is 13.4. The van der Waals surface area contributed by atoms with E-state index in [0.717, 1.165) is 11.3 Å². The summed E-state index contributed by atoms with van der Waals surface area (Å²) in [6.07, 6.45) is 0. The lowest BCUT2D eigenvalue weighted by Crippen LogP contribution is -2.16. The topological polar surface area (TPSA) is 81.7 Å². The summed E-state index contributed by atoms with van der Waals surface area (Å²) in [5, 5.41) is 3.19. The molecule has 0 bridgehead atoms. The molecule has 1 aromatic heterocycles. The van der Waals surface area contributed by atoms with Gasteiger partial charge in [0.25, 0.3) is 5.91 Å². The Kier molecular flexibility index (Phi) is 5.01. The Labute approximate surface area is 170 Å². The second-order valence-electron chi connectivity index (χ2n) is 5.89. The van der Waals surface area contributed by atoms with Gasteiger partial charge in [-0.15, -0.1) is 11.3 Å². The third-order valence-electron chi connectivity index (χ3n) is 3.99. The Balaban J connectivity index is 1.54. The van der Waals surface area contributed by atoms with Crippen molar-refractivity contribution in [3.63, 3.8) is 0 Å². The lowest BCUT2D eigenvalue weighted by atomic mass is 10.2. The van der Waals surface area contributed by atoms with E-state index in [1.54, 1.807) is 18.2 Å². The van der Waals surface area contributed by atoms with Crippen LogP contribution >= 0.6 is 22.9 Å². The number of carbonyl (C=O) groups is 1. The summed E-state index contributed by atoms with van der Waals surface area (Å²) >= 11 is 6.72. The summed E-state index contributed by atoms with van der Waals surface area (Å²) in [5.74, 6) is 0.775. The van der Waals surface area contributed by atoms with E-state index in [4.69, 9.17) is 21.1 Å². The first-order valence-electron chi connectivity index (χ1n) is 8.25. The maximum Gasteiger partial charge on any atom is 0.265 e. The fraction of sp³-hybridized carbons (Fsp3) is 0.105. The van der Waals surface area contributed by atoms with Gasteiger partial charge in [-0.3, -0.25) is 4.79 Å². The zero-order chi connectivity index (χ0) is 19.7. The lowest BCUT2D eigenvalue weighted by Gasteiger charge is -2.18. The minimum atomic E-state index is -3.71. The number of benzene rings is 2. The molecule has 0 saturated carbocycles. The van der Waals surface area contributed by atoms with Gasteiger partial charge in [0.15, 0.2) is 11.5 Å². The van der Waals surface area contributed by atoms with Gasteiger partial charge in [-0.1, -0.05) is 11.6 Å². The first kappa shape index (κ1) is 18.8. The highest BCUT2D eigenvalue weighted by Gasteiger charge is 2.22. The second-order valence-corrected chi connectivity index (χ2v) is 9.59. The van der Waals surface area contributed by atoms with Crippen molar-refractivity contribution < 1.29 is 22.7 Å². The minimum absolute atomic E-state index is 0.0853. The molecule has 0 saturated heterocycles. The molecule has 1 amide bonds. The van der Waals surface area contributed by atoms with Crippen LogP contribution in [0.25, 0.3) is 0 Å². The van der Waals surface area contributed by atoms with Crippen LogP contribution < -0.4 is 14.8 Å². The summed E-state index contributed by atoms with van der Waals surface area (Å²) in [6, 6.07) is 13.9. The van der Waals surface area contributed by atoms with Crippen molar-refractivity contribution in [2.24, 2.45) is 0 Å². The minimum Gasteiger partial charge on any atom is -0.486 e. The van der Waals surface area contributed by atoms with Crippen LogP contribution in [0, 0.1) is 0 Å². The van der Waals surface area contributed by atoms with Crippen LogP contribution in [0.3, 0.4) is 0 Å². The number of halogens is 1. The number of sulfone groups is 1. The SMILES string of the molecule is O=C(Nc1ccc2c(c1)OCCO2)c1ccc(S(=O)(=O)c2ccc(Cl)cc2)s1. The molecule has 1 aliphatic heterocycles. The maximum absolute atomic E-state index is 12.7. The normalized spacial score (nSPS) is 13.2. The van der Waals surface area contributed by atoms with Crippen LogP contribution in [0.5, 0.6) is 11.5 Å². The predicted octanol–water partition coefficient (Wildman–Crippen LogP) is 4.26. The van der Waals surface area contributed by atoms with Gasteiger partial charge in [-0.2, -0.15) is 0 Å². The summed E-state index contributed by atoms with van der Waals surface area (Å²) < 4.78 is 36.4. The maximum atomic E-state index is 12.7. The molecule has 0 atom stereocenters. The van der Waals surface area contributed by atoms with E-state index in [1.807, 2.05) is 0 Å². The van der Waals surface area contributed by atoms with Crippen LogP contribution in [-0.4, -0.2) is 27.5 Å². The molecular formula is C19H14ClNO5S2. The van der Waals surface area contributed by atoms with Crippen molar-refractivity contribution in [2.75, 3.05) is 18.5 Å². The second kappa shape index (κ2) is 7.46. The van der Waals surface area contributed by atoms with Gasteiger partial charge in [-0.25, -0.2) is 8.42 Å². The summed E-state index contributed by atoms with van der Waals surface area (Å²) in [7, 11) is -3.71. The van der Waals surface area contributed by atoms with E-state index in [9.17, 15) is 13.2 Å². The average Bonchev–Trinajstić information content (AvgIpc) is 3.19. The van der Waals surface area contributed by atoms with Crippen molar-refractivity contribution >= 4 is 44.4 Å². The van der Waals surface area contributed by atoms with Gasteiger partial charge in [0, 0.05) is 16.8 Å². The van der Waals surface area contributed by atoms with Crippen LogP contribution in [-0.2, 0) is 9.84 Å². The monoisotopic (exact) mass is 435 g/mol. The van der Waals surface area contributed by atoms with E-state index in [0.29, 0.717) is 35.4 Å². The van der Waals surface area contributed by atoms with E-state index < -0.39 is 15.7 Å². The highest BCUT2D eigenvalue weighted by molar-refractivity contribution is 7.93. The molecule has 1 N–H and O–H groups in total. The number of hydrogen-bond acceptors (Lipinski definition) is 6. The van der Waals surface area contributed by atoms with Crippen molar-refractivity contribution in [2.45, 2.75) is 9.10 Å². The molecule has 3 aromatic rings. The Morgan fingerprint density at radius 1 is 0.964 bits per heavy atom. The number of carbonyl (C=O) groups excluding carboxylic acids is 1. The first-order valence-corrected chi connectivity index (χ1v) is 10.9. The molecule has 0 unspecified atom stereocenters. The fourth-order valence-corrected chi connectivity index (χ4v) is 5.36. The van der Waals surface area contributed by atoms with E-state index in [-0.39, 0.29) is 14.0 Å². The number of rotatable bonds is 4. The number of anilines is 1. The fourth-order valence-electron chi connectivity index (χ4n) is 2.63. The Hall–Kier alpha value is -2.55. The number of ether oxygens (including phenoxy) is 2. The zero-order valence-electron chi connectivity index (χ0n) is 14.3. The molecule has 2 aromatic carbocycles. The molecule has 2 heterocycles. The molecule has 28 heavy (non-hydrogen) atoms. The quantitative estimate of drug-likeness (QED) is 0.662. The standard InChI is InChI=1S/C19H14ClNO5S2/c20-12-1-4-14(5-2-12)28(23,24)18-8-7-17(27-18)19(22)21-13-3-6-15-16(11-13)26-10-9-25-15/h1-8,11H,9-10H2,(H,21,22). The molecule has 0 fully saturated rings. The molecule has 9 heteroatoms.